The van der Waals surface area contributed by atoms with E-state index >= 15 is 0 Å². The molecule has 1 rings (SSSR count). The second-order valence-electron chi connectivity index (χ2n) is 5.86. The van der Waals surface area contributed by atoms with E-state index in [0.717, 1.165) is 19.3 Å². The Morgan fingerprint density at radius 3 is 2.37 bits per heavy atom. The summed E-state index contributed by atoms with van der Waals surface area (Å²) >= 11 is 0. The maximum Gasteiger partial charge on any atom is 0.217 e. The van der Waals surface area contributed by atoms with Gasteiger partial charge in [-0.2, -0.15) is 0 Å². The number of hydrogen-bond acceptors (Lipinski definition) is 1. The van der Waals surface area contributed by atoms with Crippen LogP contribution in [0.5, 0.6) is 0 Å². The molecule has 1 N–H and O–H groups in total. The van der Waals surface area contributed by atoms with Gasteiger partial charge in [-0.05, 0) is 58.4 Å². The molecule has 0 bridgehead atoms. The van der Waals surface area contributed by atoms with Crippen molar-refractivity contribution in [2.75, 3.05) is 0 Å². The first-order valence-corrected chi connectivity index (χ1v) is 7.58. The van der Waals surface area contributed by atoms with Gasteiger partial charge in [-0.15, -0.1) is 0 Å². The van der Waals surface area contributed by atoms with E-state index in [9.17, 15) is 4.79 Å². The van der Waals surface area contributed by atoms with Crippen molar-refractivity contribution in [3.63, 3.8) is 0 Å². The van der Waals surface area contributed by atoms with E-state index in [1.807, 2.05) is 0 Å². The van der Waals surface area contributed by atoms with E-state index in [4.69, 9.17) is 0 Å². The second kappa shape index (κ2) is 7.52. The molecular weight excluding hydrogens is 234 g/mol. The van der Waals surface area contributed by atoms with Crippen molar-refractivity contribution < 1.29 is 4.79 Å². The van der Waals surface area contributed by atoms with Crippen LogP contribution in [0, 0.1) is 0 Å². The van der Waals surface area contributed by atoms with E-state index < -0.39 is 0 Å². The lowest BCUT2D eigenvalue weighted by atomic mass is 9.86. The molecular formula is C17H29NO. The molecule has 1 aliphatic rings. The van der Waals surface area contributed by atoms with Crippen molar-refractivity contribution in [3.8, 4) is 0 Å². The highest BCUT2D eigenvalue weighted by atomic mass is 16.1. The molecule has 0 saturated heterocycles. The Labute approximate surface area is 118 Å². The van der Waals surface area contributed by atoms with Crippen LogP contribution < -0.4 is 5.32 Å². The molecule has 19 heavy (non-hydrogen) atoms. The Hall–Kier alpha value is -1.05. The number of nitrogens with one attached hydrogen (secondary N) is 1. The topological polar surface area (TPSA) is 29.1 Å². The zero-order valence-electron chi connectivity index (χ0n) is 13.2. The van der Waals surface area contributed by atoms with Crippen LogP contribution in [0.15, 0.2) is 22.3 Å². The number of carbonyl (C=O) groups excluding carboxylic acids is 1. The molecule has 2 nitrogen and oxygen atoms in total. The van der Waals surface area contributed by atoms with Crippen LogP contribution in [-0.4, -0.2) is 11.9 Å². The number of carbonyl (C=O) groups is 1. The summed E-state index contributed by atoms with van der Waals surface area (Å²) in [6.45, 7) is 10.5. The highest BCUT2D eigenvalue weighted by Gasteiger charge is 2.16. The summed E-state index contributed by atoms with van der Waals surface area (Å²) in [5, 5.41) is 3.04. The Morgan fingerprint density at radius 2 is 1.79 bits per heavy atom. The van der Waals surface area contributed by atoms with Crippen LogP contribution >= 0.6 is 0 Å². The van der Waals surface area contributed by atoms with Crippen molar-refractivity contribution in [1.29, 1.82) is 0 Å². The normalized spacial score (nSPS) is 26.6. The van der Waals surface area contributed by atoms with Crippen LogP contribution in [0.2, 0.25) is 0 Å². The summed E-state index contributed by atoms with van der Waals surface area (Å²) in [6, 6.07) is 0.179. The minimum Gasteiger partial charge on any atom is -0.350 e. The average Bonchev–Trinajstić information content (AvgIpc) is 2.32. The molecule has 0 fully saturated rings. The highest BCUT2D eigenvalue weighted by molar-refractivity contribution is 5.73. The fraction of sp³-hybridized carbons (Fsp3) is 0.706. The zero-order valence-corrected chi connectivity index (χ0v) is 13.2. The van der Waals surface area contributed by atoms with Gasteiger partial charge in [-0.25, -0.2) is 0 Å². The van der Waals surface area contributed by atoms with Crippen molar-refractivity contribution >= 4 is 5.91 Å². The molecule has 0 saturated carbocycles. The third-order valence-electron chi connectivity index (χ3n) is 4.22. The summed E-state index contributed by atoms with van der Waals surface area (Å²) in [7, 11) is 0. The summed E-state index contributed by atoms with van der Waals surface area (Å²) in [4.78, 5) is 11.2. The van der Waals surface area contributed by atoms with Crippen LogP contribution in [-0.2, 0) is 4.79 Å². The number of rotatable bonds is 4. The standard InChI is InChI=1S/C17H29NO/c1-6-7-16-10-11-17(14(4)18-15(5)19)13(3)9-8-12(16)2/h14H,6-11H2,1-5H3,(H,18,19)/b16-12-,17-13-. The van der Waals surface area contributed by atoms with Gasteiger partial charge in [0.2, 0.25) is 5.91 Å². The first kappa shape index (κ1) is 16.0. The molecule has 1 atom stereocenters. The molecule has 2 heteroatoms. The van der Waals surface area contributed by atoms with Gasteiger partial charge in [-0.3, -0.25) is 4.79 Å². The van der Waals surface area contributed by atoms with Gasteiger partial charge in [-0.1, -0.05) is 30.1 Å². The lowest BCUT2D eigenvalue weighted by molar-refractivity contribution is -0.119. The summed E-state index contributed by atoms with van der Waals surface area (Å²) in [5.74, 6) is 0.0652. The molecule has 0 aromatic heterocycles. The third-order valence-corrected chi connectivity index (χ3v) is 4.22. The van der Waals surface area contributed by atoms with Crippen LogP contribution in [0.4, 0.5) is 0 Å². The van der Waals surface area contributed by atoms with E-state index in [0.29, 0.717) is 0 Å². The predicted octanol–water partition coefficient (Wildman–Crippen LogP) is 4.52. The van der Waals surface area contributed by atoms with Gasteiger partial charge < -0.3 is 5.32 Å². The monoisotopic (exact) mass is 263 g/mol. The Kier molecular flexibility index (Phi) is 6.33. The van der Waals surface area contributed by atoms with Gasteiger partial charge in [0.05, 0.1) is 0 Å². The second-order valence-corrected chi connectivity index (χ2v) is 5.86. The summed E-state index contributed by atoms with van der Waals surface area (Å²) < 4.78 is 0. The van der Waals surface area contributed by atoms with E-state index in [1.54, 1.807) is 18.1 Å². The molecule has 0 aliphatic heterocycles. The Balaban J connectivity index is 2.81. The number of allylic oxidation sites excluding steroid dienone is 3. The van der Waals surface area contributed by atoms with Gasteiger partial charge in [0.15, 0.2) is 0 Å². The maximum atomic E-state index is 11.2. The molecule has 0 aromatic carbocycles. The van der Waals surface area contributed by atoms with E-state index in [-0.39, 0.29) is 11.9 Å². The van der Waals surface area contributed by atoms with Crippen molar-refractivity contribution in [3.05, 3.63) is 22.3 Å². The molecule has 0 aromatic rings. The molecule has 1 amide bonds. The molecule has 0 radical (unpaired) electrons. The molecule has 1 unspecified atom stereocenters. The fourth-order valence-electron chi connectivity index (χ4n) is 3.04. The van der Waals surface area contributed by atoms with Crippen LogP contribution in [0.3, 0.4) is 0 Å². The predicted molar refractivity (Wildman–Crippen MR) is 82.1 cm³/mol. The minimum atomic E-state index is 0.0652. The molecule has 0 heterocycles. The largest absolute Gasteiger partial charge is 0.350 e. The number of hydrogen-bond donors (Lipinski definition) is 1. The van der Waals surface area contributed by atoms with Gasteiger partial charge >= 0.3 is 0 Å². The van der Waals surface area contributed by atoms with Crippen molar-refractivity contribution in [2.24, 2.45) is 0 Å². The zero-order chi connectivity index (χ0) is 14.4. The lowest BCUT2D eigenvalue weighted by Gasteiger charge is -2.24. The van der Waals surface area contributed by atoms with Crippen molar-refractivity contribution in [1.82, 2.24) is 5.32 Å². The fourth-order valence-corrected chi connectivity index (χ4v) is 3.04. The quantitative estimate of drug-likeness (QED) is 0.742. The Bertz CT molecular complexity index is 390. The molecule has 108 valence electrons. The summed E-state index contributed by atoms with van der Waals surface area (Å²) in [5.41, 5.74) is 6.14. The summed E-state index contributed by atoms with van der Waals surface area (Å²) in [6.07, 6.45) is 7.03. The average molecular weight is 263 g/mol. The van der Waals surface area contributed by atoms with Gasteiger partial charge in [0, 0.05) is 13.0 Å². The van der Waals surface area contributed by atoms with E-state index in [2.05, 4.69) is 33.0 Å². The Morgan fingerprint density at radius 1 is 1.16 bits per heavy atom. The SMILES string of the molecule is CCC/C1=C(\C)CC/C(C)=C(\C(C)NC(C)=O)CC1. The molecule has 0 spiro atoms. The third kappa shape index (κ3) is 4.85. The smallest absolute Gasteiger partial charge is 0.217 e. The molecule has 1 aliphatic carbocycles. The maximum absolute atomic E-state index is 11.2. The lowest BCUT2D eigenvalue weighted by Crippen LogP contribution is -2.32. The first-order valence-electron chi connectivity index (χ1n) is 7.58. The minimum absolute atomic E-state index is 0.0652. The van der Waals surface area contributed by atoms with Crippen LogP contribution in [0.1, 0.15) is 73.1 Å². The first-order chi connectivity index (χ1) is 8.95. The number of amides is 1. The van der Waals surface area contributed by atoms with Gasteiger partial charge in [0.25, 0.3) is 0 Å². The van der Waals surface area contributed by atoms with Gasteiger partial charge in [0.1, 0.15) is 0 Å². The highest BCUT2D eigenvalue weighted by Crippen LogP contribution is 2.30. The van der Waals surface area contributed by atoms with Crippen molar-refractivity contribution in [2.45, 2.75) is 79.2 Å². The van der Waals surface area contributed by atoms with Crippen LogP contribution in [0.25, 0.3) is 0 Å². The van der Waals surface area contributed by atoms with E-state index in [1.165, 1.54) is 30.4 Å².